The maximum Gasteiger partial charge on any atom is 0.0426 e. The van der Waals surface area contributed by atoms with Gasteiger partial charge in [-0.1, -0.05) is 38.4 Å². The molecule has 102 valence electrons. The smallest absolute Gasteiger partial charge is 0.0426 e. The van der Waals surface area contributed by atoms with E-state index in [1.165, 1.54) is 11.3 Å². The van der Waals surface area contributed by atoms with Crippen LogP contribution in [0.4, 0.5) is 5.69 Å². The molecule has 2 nitrogen and oxygen atoms in total. The van der Waals surface area contributed by atoms with E-state index in [0.29, 0.717) is 0 Å². The molecule has 0 aliphatic rings. The van der Waals surface area contributed by atoms with Crippen molar-refractivity contribution in [3.63, 3.8) is 0 Å². The number of halogens is 1. The third kappa shape index (κ3) is 4.51. The molecule has 0 fully saturated rings. The molecule has 1 rings (SSSR count). The standard InChI is InChI=1S/C15H25ClN2/c1-4-9-18(10-5-2)15-11-14(16)8-7-13(15)12-17-6-3/h7-8,11,17H,4-6,9-10,12H2,1-3H3. The van der Waals surface area contributed by atoms with Gasteiger partial charge in [-0.25, -0.2) is 0 Å². The lowest BCUT2D eigenvalue weighted by Crippen LogP contribution is -2.27. The van der Waals surface area contributed by atoms with Crippen LogP contribution in [-0.4, -0.2) is 19.6 Å². The van der Waals surface area contributed by atoms with Crippen LogP contribution in [0.25, 0.3) is 0 Å². The summed E-state index contributed by atoms with van der Waals surface area (Å²) in [6.45, 7) is 10.6. The van der Waals surface area contributed by atoms with Gasteiger partial charge in [-0.3, -0.25) is 0 Å². The van der Waals surface area contributed by atoms with Crippen molar-refractivity contribution in [1.29, 1.82) is 0 Å². The highest BCUT2D eigenvalue weighted by Crippen LogP contribution is 2.25. The van der Waals surface area contributed by atoms with Crippen molar-refractivity contribution in [3.8, 4) is 0 Å². The molecular formula is C15H25ClN2. The number of hydrogen-bond acceptors (Lipinski definition) is 2. The Kier molecular flexibility index (Phi) is 7.14. The van der Waals surface area contributed by atoms with Gasteiger partial charge in [-0.05, 0) is 37.1 Å². The zero-order chi connectivity index (χ0) is 13.4. The molecule has 18 heavy (non-hydrogen) atoms. The third-order valence-electron chi connectivity index (χ3n) is 2.94. The van der Waals surface area contributed by atoms with E-state index in [1.54, 1.807) is 0 Å². The average molecular weight is 269 g/mol. The van der Waals surface area contributed by atoms with Crippen LogP contribution in [0.5, 0.6) is 0 Å². The van der Waals surface area contributed by atoms with Crippen LogP contribution in [0, 0.1) is 0 Å². The van der Waals surface area contributed by atoms with Crippen LogP contribution in [0.1, 0.15) is 39.2 Å². The summed E-state index contributed by atoms with van der Waals surface area (Å²) in [5.74, 6) is 0. The van der Waals surface area contributed by atoms with Crippen molar-refractivity contribution < 1.29 is 0 Å². The molecule has 0 saturated carbocycles. The zero-order valence-corrected chi connectivity index (χ0v) is 12.6. The molecular weight excluding hydrogens is 244 g/mol. The Morgan fingerprint density at radius 2 is 1.78 bits per heavy atom. The second kappa shape index (κ2) is 8.39. The number of hydrogen-bond donors (Lipinski definition) is 1. The monoisotopic (exact) mass is 268 g/mol. The quantitative estimate of drug-likeness (QED) is 0.764. The van der Waals surface area contributed by atoms with Gasteiger partial charge in [0.25, 0.3) is 0 Å². The minimum atomic E-state index is 0.822. The summed E-state index contributed by atoms with van der Waals surface area (Å²) in [5.41, 5.74) is 2.62. The predicted molar refractivity (Wildman–Crippen MR) is 81.6 cm³/mol. The summed E-state index contributed by atoms with van der Waals surface area (Å²) in [6.07, 6.45) is 2.32. The molecule has 3 heteroatoms. The molecule has 0 atom stereocenters. The summed E-state index contributed by atoms with van der Waals surface area (Å²) in [4.78, 5) is 2.44. The largest absolute Gasteiger partial charge is 0.371 e. The average Bonchev–Trinajstić information content (AvgIpc) is 2.37. The molecule has 0 bridgehead atoms. The van der Waals surface area contributed by atoms with E-state index >= 15 is 0 Å². The number of nitrogens with one attached hydrogen (secondary N) is 1. The SMILES string of the molecule is CCCN(CCC)c1cc(Cl)ccc1CNCC. The normalized spacial score (nSPS) is 10.7. The van der Waals surface area contributed by atoms with Gasteiger partial charge in [0.15, 0.2) is 0 Å². The van der Waals surface area contributed by atoms with Gasteiger partial charge in [-0.15, -0.1) is 0 Å². The van der Waals surface area contributed by atoms with E-state index in [9.17, 15) is 0 Å². The van der Waals surface area contributed by atoms with Crippen molar-refractivity contribution in [2.75, 3.05) is 24.5 Å². The van der Waals surface area contributed by atoms with Crippen molar-refractivity contribution in [2.45, 2.75) is 40.2 Å². The highest BCUT2D eigenvalue weighted by molar-refractivity contribution is 6.30. The first-order valence-corrected chi connectivity index (χ1v) is 7.34. The Balaban J connectivity index is 2.96. The first-order chi connectivity index (χ1) is 8.72. The van der Waals surface area contributed by atoms with E-state index in [4.69, 9.17) is 11.6 Å². The summed E-state index contributed by atoms with van der Waals surface area (Å²) in [5, 5.41) is 4.22. The Morgan fingerprint density at radius 1 is 1.11 bits per heavy atom. The van der Waals surface area contributed by atoms with Crippen molar-refractivity contribution in [1.82, 2.24) is 5.32 Å². The van der Waals surface area contributed by atoms with Crippen LogP contribution >= 0.6 is 11.6 Å². The Labute approximate surface area is 116 Å². The number of benzene rings is 1. The molecule has 1 aromatic rings. The van der Waals surface area contributed by atoms with Crippen LogP contribution in [0.15, 0.2) is 18.2 Å². The van der Waals surface area contributed by atoms with Crippen molar-refractivity contribution in [2.24, 2.45) is 0 Å². The van der Waals surface area contributed by atoms with Crippen molar-refractivity contribution >= 4 is 17.3 Å². The maximum absolute atomic E-state index is 6.15. The van der Waals surface area contributed by atoms with E-state index in [2.05, 4.69) is 43.1 Å². The second-order valence-corrected chi connectivity index (χ2v) is 4.98. The summed E-state index contributed by atoms with van der Waals surface area (Å²) >= 11 is 6.15. The maximum atomic E-state index is 6.15. The second-order valence-electron chi connectivity index (χ2n) is 4.54. The predicted octanol–water partition coefficient (Wildman–Crippen LogP) is 4.08. The van der Waals surface area contributed by atoms with E-state index in [0.717, 1.165) is 44.0 Å². The molecule has 0 heterocycles. The minimum absolute atomic E-state index is 0.822. The molecule has 0 aliphatic carbocycles. The topological polar surface area (TPSA) is 15.3 Å². The summed E-state index contributed by atoms with van der Waals surface area (Å²) in [7, 11) is 0. The van der Waals surface area contributed by atoms with Gasteiger partial charge in [0.1, 0.15) is 0 Å². The van der Waals surface area contributed by atoms with E-state index < -0.39 is 0 Å². The molecule has 0 unspecified atom stereocenters. The van der Waals surface area contributed by atoms with Crippen LogP contribution in [0.2, 0.25) is 5.02 Å². The van der Waals surface area contributed by atoms with Crippen LogP contribution < -0.4 is 10.2 Å². The van der Waals surface area contributed by atoms with Crippen LogP contribution in [0.3, 0.4) is 0 Å². The van der Waals surface area contributed by atoms with Crippen molar-refractivity contribution in [3.05, 3.63) is 28.8 Å². The van der Waals surface area contributed by atoms with E-state index in [-0.39, 0.29) is 0 Å². The summed E-state index contributed by atoms with van der Waals surface area (Å²) in [6, 6.07) is 6.21. The van der Waals surface area contributed by atoms with Gasteiger partial charge >= 0.3 is 0 Å². The highest BCUT2D eigenvalue weighted by atomic mass is 35.5. The van der Waals surface area contributed by atoms with Gasteiger partial charge in [0.05, 0.1) is 0 Å². The van der Waals surface area contributed by atoms with Gasteiger partial charge < -0.3 is 10.2 Å². The Hall–Kier alpha value is -0.730. The fourth-order valence-electron chi connectivity index (χ4n) is 2.13. The third-order valence-corrected chi connectivity index (χ3v) is 3.18. The lowest BCUT2D eigenvalue weighted by atomic mass is 10.1. The fraction of sp³-hybridized carbons (Fsp3) is 0.600. The Morgan fingerprint density at radius 3 is 2.33 bits per heavy atom. The molecule has 0 aromatic heterocycles. The fourth-order valence-corrected chi connectivity index (χ4v) is 2.30. The molecule has 0 spiro atoms. The first kappa shape index (κ1) is 15.3. The van der Waals surface area contributed by atoms with Gasteiger partial charge in [0.2, 0.25) is 0 Å². The number of nitrogens with zero attached hydrogens (tertiary/aromatic N) is 1. The minimum Gasteiger partial charge on any atom is -0.371 e. The molecule has 0 amide bonds. The van der Waals surface area contributed by atoms with Gasteiger partial charge in [-0.2, -0.15) is 0 Å². The lowest BCUT2D eigenvalue weighted by Gasteiger charge is -2.26. The lowest BCUT2D eigenvalue weighted by molar-refractivity contribution is 0.706. The summed E-state index contributed by atoms with van der Waals surface area (Å²) < 4.78 is 0. The van der Waals surface area contributed by atoms with E-state index in [1.807, 2.05) is 6.07 Å². The molecule has 0 aliphatic heterocycles. The molecule has 0 radical (unpaired) electrons. The highest BCUT2D eigenvalue weighted by Gasteiger charge is 2.10. The van der Waals surface area contributed by atoms with Crippen LogP contribution in [-0.2, 0) is 6.54 Å². The molecule has 0 saturated heterocycles. The first-order valence-electron chi connectivity index (χ1n) is 6.97. The Bertz CT molecular complexity index is 346. The number of rotatable bonds is 8. The zero-order valence-electron chi connectivity index (χ0n) is 11.8. The molecule has 1 N–H and O–H groups in total. The molecule has 1 aromatic carbocycles. The number of anilines is 1. The van der Waals surface area contributed by atoms with Gasteiger partial charge in [0, 0.05) is 30.3 Å².